The van der Waals surface area contributed by atoms with E-state index in [9.17, 15) is 5.11 Å². The Balaban J connectivity index is 1.99. The zero-order chi connectivity index (χ0) is 13.7. The molecule has 3 heteroatoms. The number of aromatic hydroxyl groups is 1. The second-order valence-electron chi connectivity index (χ2n) is 5.51. The Labute approximate surface area is 116 Å². The molecule has 0 amide bonds. The van der Waals surface area contributed by atoms with Gasteiger partial charge in [0.25, 0.3) is 0 Å². The lowest BCUT2D eigenvalue weighted by Crippen LogP contribution is -2.35. The van der Waals surface area contributed by atoms with E-state index in [0.29, 0.717) is 11.8 Å². The van der Waals surface area contributed by atoms with Gasteiger partial charge in [0.2, 0.25) is 0 Å². The summed E-state index contributed by atoms with van der Waals surface area (Å²) in [6, 6.07) is 6.21. The van der Waals surface area contributed by atoms with Crippen molar-refractivity contribution in [3.05, 3.63) is 23.8 Å². The molecule has 19 heavy (non-hydrogen) atoms. The average molecular weight is 263 g/mol. The van der Waals surface area contributed by atoms with Gasteiger partial charge < -0.3 is 14.7 Å². The molecule has 1 saturated heterocycles. The molecule has 106 valence electrons. The van der Waals surface area contributed by atoms with Gasteiger partial charge in [-0.05, 0) is 57.0 Å². The summed E-state index contributed by atoms with van der Waals surface area (Å²) < 4.78 is 5.17. The van der Waals surface area contributed by atoms with E-state index >= 15 is 0 Å². The minimum absolute atomic E-state index is 0.216. The third kappa shape index (κ3) is 3.87. The molecule has 0 radical (unpaired) electrons. The third-order valence-corrected chi connectivity index (χ3v) is 4.04. The molecule has 1 aliphatic rings. The smallest absolute Gasteiger partial charge is 0.160 e. The minimum Gasteiger partial charge on any atom is -0.504 e. The molecule has 0 saturated carbocycles. The highest BCUT2D eigenvalue weighted by Gasteiger charge is 2.16. The van der Waals surface area contributed by atoms with Gasteiger partial charge in [-0.15, -0.1) is 0 Å². The summed E-state index contributed by atoms with van der Waals surface area (Å²) in [5.41, 5.74) is 1.23. The fraction of sp³-hybridized carbons (Fsp3) is 0.625. The number of rotatable bonds is 4. The van der Waals surface area contributed by atoms with Crippen LogP contribution in [0.1, 0.15) is 38.2 Å². The van der Waals surface area contributed by atoms with E-state index in [1.165, 1.54) is 44.3 Å². The average Bonchev–Trinajstić information content (AvgIpc) is 2.70. The Morgan fingerprint density at radius 1 is 1.21 bits per heavy atom. The fourth-order valence-corrected chi connectivity index (χ4v) is 2.86. The SMILES string of the molecule is COc1cc(C[C@H](C)N2CCCCCC2)ccc1O. The first-order valence-electron chi connectivity index (χ1n) is 7.30. The molecular weight excluding hydrogens is 238 g/mol. The van der Waals surface area contributed by atoms with Crippen molar-refractivity contribution in [2.45, 2.75) is 45.1 Å². The van der Waals surface area contributed by atoms with Gasteiger partial charge in [-0.2, -0.15) is 0 Å². The van der Waals surface area contributed by atoms with Crippen LogP contribution in [0.2, 0.25) is 0 Å². The van der Waals surface area contributed by atoms with Crippen LogP contribution in [0.25, 0.3) is 0 Å². The zero-order valence-corrected chi connectivity index (χ0v) is 12.1. The lowest BCUT2D eigenvalue weighted by molar-refractivity contribution is 0.215. The molecular formula is C16H25NO2. The monoisotopic (exact) mass is 263 g/mol. The van der Waals surface area contributed by atoms with E-state index in [0.717, 1.165) is 6.42 Å². The second-order valence-corrected chi connectivity index (χ2v) is 5.51. The van der Waals surface area contributed by atoms with E-state index in [4.69, 9.17) is 4.74 Å². The summed E-state index contributed by atoms with van der Waals surface area (Å²) in [6.45, 7) is 4.73. The molecule has 1 atom stereocenters. The van der Waals surface area contributed by atoms with Crippen LogP contribution < -0.4 is 4.74 Å². The Kier molecular flexibility index (Phi) is 5.08. The van der Waals surface area contributed by atoms with Gasteiger partial charge in [0.1, 0.15) is 0 Å². The maximum Gasteiger partial charge on any atom is 0.160 e. The lowest BCUT2D eigenvalue weighted by Gasteiger charge is -2.27. The highest BCUT2D eigenvalue weighted by Crippen LogP contribution is 2.27. The first kappa shape index (κ1) is 14.2. The molecule has 1 aliphatic heterocycles. The molecule has 1 aromatic rings. The topological polar surface area (TPSA) is 32.7 Å². The van der Waals surface area contributed by atoms with Gasteiger partial charge >= 0.3 is 0 Å². The molecule has 0 aromatic heterocycles. The maximum atomic E-state index is 9.62. The number of nitrogens with zero attached hydrogens (tertiary/aromatic N) is 1. The normalized spacial score (nSPS) is 18.8. The zero-order valence-electron chi connectivity index (χ0n) is 12.1. The summed E-state index contributed by atoms with van der Waals surface area (Å²) in [4.78, 5) is 2.59. The van der Waals surface area contributed by atoms with E-state index in [-0.39, 0.29) is 5.75 Å². The molecule has 1 N–H and O–H groups in total. The molecule has 1 heterocycles. The molecule has 0 aliphatic carbocycles. The van der Waals surface area contributed by atoms with E-state index < -0.39 is 0 Å². The Bertz CT molecular complexity index is 398. The maximum absolute atomic E-state index is 9.62. The van der Waals surface area contributed by atoms with Gasteiger partial charge in [0.15, 0.2) is 11.5 Å². The van der Waals surface area contributed by atoms with Crippen molar-refractivity contribution in [2.75, 3.05) is 20.2 Å². The number of ether oxygens (including phenoxy) is 1. The summed E-state index contributed by atoms with van der Waals surface area (Å²) >= 11 is 0. The van der Waals surface area contributed by atoms with Gasteiger partial charge in [-0.25, -0.2) is 0 Å². The number of methoxy groups -OCH3 is 1. The number of benzene rings is 1. The molecule has 0 spiro atoms. The van der Waals surface area contributed by atoms with Crippen LogP contribution in [0.15, 0.2) is 18.2 Å². The number of hydrogen-bond acceptors (Lipinski definition) is 3. The van der Waals surface area contributed by atoms with Crippen molar-refractivity contribution in [2.24, 2.45) is 0 Å². The second kappa shape index (κ2) is 6.80. The molecule has 0 bridgehead atoms. The van der Waals surface area contributed by atoms with Crippen molar-refractivity contribution in [1.29, 1.82) is 0 Å². The molecule has 1 aromatic carbocycles. The van der Waals surface area contributed by atoms with Crippen LogP contribution in [-0.4, -0.2) is 36.2 Å². The van der Waals surface area contributed by atoms with Crippen LogP contribution in [0, 0.1) is 0 Å². The summed E-state index contributed by atoms with van der Waals surface area (Å²) in [6.07, 6.45) is 6.40. The van der Waals surface area contributed by atoms with Crippen molar-refractivity contribution in [3.8, 4) is 11.5 Å². The lowest BCUT2D eigenvalue weighted by atomic mass is 10.0. The molecule has 2 rings (SSSR count). The Hall–Kier alpha value is -1.22. The number of phenolic OH excluding ortho intramolecular Hbond substituents is 1. The Morgan fingerprint density at radius 3 is 2.53 bits per heavy atom. The standard InChI is InChI=1S/C16H25NO2/c1-13(17-9-5-3-4-6-10-17)11-14-7-8-15(18)16(12-14)19-2/h7-8,12-13,18H,3-6,9-11H2,1-2H3/t13-/m0/s1. The van der Waals surface area contributed by atoms with Gasteiger partial charge in [0.05, 0.1) is 7.11 Å². The van der Waals surface area contributed by atoms with Crippen molar-refractivity contribution >= 4 is 0 Å². The van der Waals surface area contributed by atoms with Crippen LogP contribution in [0.4, 0.5) is 0 Å². The quantitative estimate of drug-likeness (QED) is 0.905. The van der Waals surface area contributed by atoms with Crippen molar-refractivity contribution in [1.82, 2.24) is 4.90 Å². The van der Waals surface area contributed by atoms with E-state index in [1.807, 2.05) is 12.1 Å². The predicted molar refractivity (Wildman–Crippen MR) is 77.9 cm³/mol. The third-order valence-electron chi connectivity index (χ3n) is 4.04. The van der Waals surface area contributed by atoms with E-state index in [1.54, 1.807) is 13.2 Å². The van der Waals surface area contributed by atoms with Gasteiger partial charge in [-0.3, -0.25) is 0 Å². The van der Waals surface area contributed by atoms with Crippen LogP contribution in [0.3, 0.4) is 0 Å². The van der Waals surface area contributed by atoms with Crippen molar-refractivity contribution in [3.63, 3.8) is 0 Å². The highest BCUT2D eigenvalue weighted by atomic mass is 16.5. The van der Waals surface area contributed by atoms with Crippen LogP contribution in [-0.2, 0) is 6.42 Å². The van der Waals surface area contributed by atoms with Gasteiger partial charge in [-0.1, -0.05) is 18.9 Å². The summed E-state index contributed by atoms with van der Waals surface area (Å²) in [5, 5.41) is 9.62. The van der Waals surface area contributed by atoms with Crippen molar-refractivity contribution < 1.29 is 9.84 Å². The first-order valence-corrected chi connectivity index (χ1v) is 7.30. The Morgan fingerprint density at radius 2 is 1.89 bits per heavy atom. The number of phenols is 1. The number of likely N-dealkylation sites (tertiary alicyclic amines) is 1. The van der Waals surface area contributed by atoms with Crippen LogP contribution >= 0.6 is 0 Å². The summed E-state index contributed by atoms with van der Waals surface area (Å²) in [7, 11) is 1.59. The molecule has 3 nitrogen and oxygen atoms in total. The fourth-order valence-electron chi connectivity index (χ4n) is 2.86. The summed E-state index contributed by atoms with van der Waals surface area (Å²) in [5.74, 6) is 0.786. The highest BCUT2D eigenvalue weighted by molar-refractivity contribution is 5.41. The first-order chi connectivity index (χ1) is 9.20. The molecule has 0 unspecified atom stereocenters. The van der Waals surface area contributed by atoms with E-state index in [2.05, 4.69) is 11.8 Å². The number of hydrogen-bond donors (Lipinski definition) is 1. The largest absolute Gasteiger partial charge is 0.504 e. The minimum atomic E-state index is 0.216. The molecule has 1 fully saturated rings. The van der Waals surface area contributed by atoms with Gasteiger partial charge in [0, 0.05) is 6.04 Å². The van der Waals surface area contributed by atoms with Crippen LogP contribution in [0.5, 0.6) is 11.5 Å². The predicted octanol–water partition coefficient (Wildman–Crippen LogP) is 3.21.